The summed E-state index contributed by atoms with van der Waals surface area (Å²) in [5.74, 6) is -0.511. The number of rotatable bonds is 6. The molecule has 0 saturated heterocycles. The topological polar surface area (TPSA) is 69.7 Å². The van der Waals surface area contributed by atoms with E-state index in [4.69, 9.17) is 20.5 Å². The highest BCUT2D eigenvalue weighted by Gasteiger charge is 2.28. The summed E-state index contributed by atoms with van der Waals surface area (Å²) in [6.45, 7) is 1.79. The first-order chi connectivity index (χ1) is 10.8. The zero-order valence-electron chi connectivity index (χ0n) is 12.5. The van der Waals surface area contributed by atoms with E-state index in [1.54, 1.807) is 37.3 Å². The molecule has 1 atom stereocenters. The highest BCUT2D eigenvalue weighted by Crippen LogP contribution is 2.28. The Kier molecular flexibility index (Phi) is 5.41. The predicted molar refractivity (Wildman–Crippen MR) is 86.4 cm³/mol. The summed E-state index contributed by atoms with van der Waals surface area (Å²) in [5.41, 5.74) is -0.574. The van der Waals surface area contributed by atoms with E-state index in [0.717, 1.165) is 5.56 Å². The molecule has 0 heterocycles. The van der Waals surface area contributed by atoms with Crippen molar-refractivity contribution in [2.75, 3.05) is 7.11 Å². The second-order valence-electron chi connectivity index (χ2n) is 4.75. The van der Waals surface area contributed by atoms with Gasteiger partial charge in [0.2, 0.25) is 11.3 Å². The summed E-state index contributed by atoms with van der Waals surface area (Å²) in [6, 6.07) is 12.6. The molecule has 0 aliphatic rings. The van der Waals surface area contributed by atoms with Gasteiger partial charge in [-0.05, 0) is 24.6 Å². The minimum Gasteiger partial charge on any atom is -0.495 e. The van der Waals surface area contributed by atoms with Gasteiger partial charge in [0.1, 0.15) is 10.6 Å². The quantitative estimate of drug-likeness (QED) is 0.453. The maximum atomic E-state index is 12.3. The van der Waals surface area contributed by atoms with Crippen LogP contribution < -0.4 is 4.74 Å². The number of benzene rings is 2. The second-order valence-corrected chi connectivity index (χ2v) is 6.69. The molecular formula is C16H15ClO5S. The monoisotopic (exact) mass is 354 g/mol. The number of carbonyl (C=O) groups is 1. The van der Waals surface area contributed by atoms with Crippen LogP contribution in [-0.2, 0) is 14.3 Å². The van der Waals surface area contributed by atoms with E-state index in [1.165, 1.54) is 25.3 Å². The van der Waals surface area contributed by atoms with Crippen LogP contribution in [0, 0.1) is 6.92 Å². The average molecular weight is 355 g/mol. The summed E-state index contributed by atoms with van der Waals surface area (Å²) in [4.78, 5) is 11.9. The fourth-order valence-corrected chi connectivity index (χ4v) is 3.37. The van der Waals surface area contributed by atoms with Crippen LogP contribution in [0.3, 0.4) is 0 Å². The van der Waals surface area contributed by atoms with E-state index >= 15 is 0 Å². The molecule has 2 aromatic carbocycles. The highest BCUT2D eigenvalue weighted by molar-refractivity contribution is 7.87. The van der Waals surface area contributed by atoms with Gasteiger partial charge >= 0.3 is 10.1 Å². The predicted octanol–water partition coefficient (Wildman–Crippen LogP) is 3.16. The van der Waals surface area contributed by atoms with E-state index in [2.05, 4.69) is 0 Å². The van der Waals surface area contributed by atoms with Crippen LogP contribution in [0.5, 0.6) is 5.75 Å². The fraction of sp³-hybridized carbons (Fsp3) is 0.188. The molecule has 0 spiro atoms. The largest absolute Gasteiger partial charge is 0.495 e. The SMILES string of the molecule is COc1cc(C)ccc1S(=O)(=O)OC(Cl)C(=O)c1ccccc1. The lowest BCUT2D eigenvalue weighted by Gasteiger charge is -2.13. The van der Waals surface area contributed by atoms with Crippen LogP contribution in [0.4, 0.5) is 0 Å². The summed E-state index contributed by atoms with van der Waals surface area (Å²) in [7, 11) is -2.90. The van der Waals surface area contributed by atoms with Gasteiger partial charge < -0.3 is 4.74 Å². The number of hydrogen-bond acceptors (Lipinski definition) is 5. The Balaban J connectivity index is 2.26. The Hall–Kier alpha value is -1.89. The Morgan fingerprint density at radius 1 is 1.13 bits per heavy atom. The van der Waals surface area contributed by atoms with Crippen molar-refractivity contribution in [3.63, 3.8) is 0 Å². The van der Waals surface area contributed by atoms with Gasteiger partial charge in [-0.2, -0.15) is 8.42 Å². The Bertz CT molecular complexity index is 802. The molecule has 0 N–H and O–H groups in total. The lowest BCUT2D eigenvalue weighted by atomic mass is 10.1. The van der Waals surface area contributed by atoms with Crippen molar-refractivity contribution in [1.82, 2.24) is 0 Å². The number of hydrogen-bond donors (Lipinski definition) is 0. The summed E-state index contributed by atoms with van der Waals surface area (Å²) < 4.78 is 34.5. The van der Waals surface area contributed by atoms with Crippen LogP contribution in [0.1, 0.15) is 15.9 Å². The normalized spacial score (nSPS) is 12.7. The Morgan fingerprint density at radius 3 is 2.39 bits per heavy atom. The molecule has 0 amide bonds. The first-order valence-electron chi connectivity index (χ1n) is 6.66. The molecule has 2 rings (SSSR count). The molecule has 0 aliphatic heterocycles. The van der Waals surface area contributed by atoms with Gasteiger partial charge in [0.25, 0.3) is 0 Å². The lowest BCUT2D eigenvalue weighted by molar-refractivity contribution is 0.0889. The number of aryl methyl sites for hydroxylation is 1. The minimum absolute atomic E-state index is 0.126. The van der Waals surface area contributed by atoms with Crippen molar-refractivity contribution in [2.24, 2.45) is 0 Å². The molecule has 7 heteroatoms. The molecule has 0 radical (unpaired) electrons. The summed E-state index contributed by atoms with van der Waals surface area (Å²) in [6.07, 6.45) is 0. The van der Waals surface area contributed by atoms with Gasteiger partial charge in [-0.15, -0.1) is 0 Å². The molecule has 0 aromatic heterocycles. The smallest absolute Gasteiger partial charge is 0.302 e. The zero-order chi connectivity index (χ0) is 17.0. The third-order valence-corrected chi connectivity index (χ3v) is 4.78. The van der Waals surface area contributed by atoms with Gasteiger partial charge in [0.15, 0.2) is 0 Å². The number of alkyl halides is 1. The zero-order valence-corrected chi connectivity index (χ0v) is 14.1. The molecular weight excluding hydrogens is 340 g/mol. The molecule has 122 valence electrons. The molecule has 23 heavy (non-hydrogen) atoms. The first-order valence-corrected chi connectivity index (χ1v) is 8.51. The standard InChI is InChI=1S/C16H15ClO5S/c1-11-8-9-14(13(10-11)21-2)23(19,20)22-16(17)15(18)12-6-4-3-5-7-12/h3-10,16H,1-2H3. The highest BCUT2D eigenvalue weighted by atomic mass is 35.5. The van der Waals surface area contributed by atoms with Crippen molar-refractivity contribution in [3.05, 3.63) is 59.7 Å². The fourth-order valence-electron chi connectivity index (χ4n) is 1.92. The van der Waals surface area contributed by atoms with Gasteiger partial charge in [0, 0.05) is 5.56 Å². The third-order valence-electron chi connectivity index (χ3n) is 3.06. The van der Waals surface area contributed by atoms with E-state index in [1.807, 2.05) is 0 Å². The van der Waals surface area contributed by atoms with Gasteiger partial charge in [0.05, 0.1) is 7.11 Å². The molecule has 2 aromatic rings. The number of Topliss-reactive ketones (excluding diaryl/α,β-unsaturated/α-hetero) is 1. The number of carbonyl (C=O) groups excluding carboxylic acids is 1. The summed E-state index contributed by atoms with van der Waals surface area (Å²) >= 11 is 5.84. The molecule has 0 fully saturated rings. The number of halogens is 1. The number of ketones is 1. The minimum atomic E-state index is -4.25. The van der Waals surface area contributed by atoms with Gasteiger partial charge in [-0.25, -0.2) is 4.18 Å². The van der Waals surface area contributed by atoms with Crippen LogP contribution in [-0.4, -0.2) is 26.9 Å². The number of methoxy groups -OCH3 is 1. The maximum absolute atomic E-state index is 12.3. The second kappa shape index (κ2) is 7.12. The molecule has 0 aliphatic carbocycles. The molecule has 5 nitrogen and oxygen atoms in total. The van der Waals surface area contributed by atoms with Gasteiger partial charge in [-0.1, -0.05) is 48.0 Å². The average Bonchev–Trinajstić information content (AvgIpc) is 2.54. The first kappa shape index (κ1) is 17.5. The maximum Gasteiger partial charge on any atom is 0.302 e. The van der Waals surface area contributed by atoms with Crippen molar-refractivity contribution < 1.29 is 22.1 Å². The van der Waals surface area contributed by atoms with Crippen LogP contribution in [0.2, 0.25) is 0 Å². The number of ether oxygens (including phenoxy) is 1. The van der Waals surface area contributed by atoms with Crippen molar-refractivity contribution >= 4 is 27.5 Å². The van der Waals surface area contributed by atoms with Crippen LogP contribution >= 0.6 is 11.6 Å². The van der Waals surface area contributed by atoms with Crippen LogP contribution in [0.25, 0.3) is 0 Å². The molecule has 1 unspecified atom stereocenters. The van der Waals surface area contributed by atoms with Gasteiger partial charge in [-0.3, -0.25) is 4.79 Å². The Labute approximate surface area is 139 Å². The van der Waals surface area contributed by atoms with Crippen molar-refractivity contribution in [2.45, 2.75) is 17.4 Å². The van der Waals surface area contributed by atoms with Crippen molar-refractivity contribution in [1.29, 1.82) is 0 Å². The molecule has 0 bridgehead atoms. The summed E-state index contributed by atoms with van der Waals surface area (Å²) in [5, 5.41) is 0. The Morgan fingerprint density at radius 2 is 1.78 bits per heavy atom. The van der Waals surface area contributed by atoms with Crippen molar-refractivity contribution in [3.8, 4) is 5.75 Å². The van der Waals surface area contributed by atoms with E-state index < -0.39 is 21.5 Å². The molecule has 0 saturated carbocycles. The lowest BCUT2D eigenvalue weighted by Crippen LogP contribution is -2.22. The van der Waals surface area contributed by atoms with E-state index in [0.29, 0.717) is 0 Å². The third kappa shape index (κ3) is 4.10. The van der Waals surface area contributed by atoms with E-state index in [9.17, 15) is 13.2 Å². The van der Waals surface area contributed by atoms with E-state index in [-0.39, 0.29) is 16.2 Å². The van der Waals surface area contributed by atoms with Crippen LogP contribution in [0.15, 0.2) is 53.4 Å².